The predicted molar refractivity (Wildman–Crippen MR) is 73.3 cm³/mol. The van der Waals surface area contributed by atoms with Crippen molar-refractivity contribution >= 4 is 10.2 Å². The third kappa shape index (κ3) is 5.59. The van der Waals surface area contributed by atoms with Gasteiger partial charge in [-0.05, 0) is 25.8 Å². The SMILES string of the molecule is CC(C)NS(=O)(=O)NC(CN)Cc1ccccc1. The van der Waals surface area contributed by atoms with Crippen LogP contribution in [-0.2, 0) is 16.6 Å². The third-order valence-electron chi connectivity index (χ3n) is 2.32. The van der Waals surface area contributed by atoms with Gasteiger partial charge in [0.25, 0.3) is 10.2 Å². The Labute approximate surface area is 109 Å². The molecule has 0 amide bonds. The molecule has 0 aliphatic rings. The van der Waals surface area contributed by atoms with Gasteiger partial charge in [0.15, 0.2) is 0 Å². The van der Waals surface area contributed by atoms with Crippen LogP contribution in [0, 0.1) is 0 Å². The van der Waals surface area contributed by atoms with E-state index in [0.29, 0.717) is 6.42 Å². The predicted octanol–water partition coefficient (Wildman–Crippen LogP) is 0.389. The Morgan fingerprint density at radius 1 is 1.17 bits per heavy atom. The van der Waals surface area contributed by atoms with Crippen LogP contribution in [0.15, 0.2) is 30.3 Å². The van der Waals surface area contributed by atoms with Crippen molar-refractivity contribution in [2.24, 2.45) is 5.73 Å². The van der Waals surface area contributed by atoms with Crippen LogP contribution in [0.5, 0.6) is 0 Å². The molecule has 0 aliphatic carbocycles. The molecule has 0 radical (unpaired) electrons. The normalized spacial score (nSPS) is 13.8. The van der Waals surface area contributed by atoms with Crippen molar-refractivity contribution in [3.63, 3.8) is 0 Å². The van der Waals surface area contributed by atoms with Gasteiger partial charge < -0.3 is 5.73 Å². The molecule has 1 aromatic carbocycles. The fourth-order valence-electron chi connectivity index (χ4n) is 1.64. The van der Waals surface area contributed by atoms with Crippen LogP contribution in [0.1, 0.15) is 19.4 Å². The second-order valence-electron chi connectivity index (χ2n) is 4.52. The zero-order valence-corrected chi connectivity index (χ0v) is 11.6. The Balaban J connectivity index is 2.63. The number of rotatable bonds is 7. The molecule has 1 rings (SSSR count). The van der Waals surface area contributed by atoms with Gasteiger partial charge in [0.05, 0.1) is 0 Å². The molecule has 1 atom stereocenters. The van der Waals surface area contributed by atoms with Gasteiger partial charge in [-0.25, -0.2) is 0 Å². The molecule has 0 fully saturated rings. The molecule has 6 heteroatoms. The van der Waals surface area contributed by atoms with Gasteiger partial charge in [0.2, 0.25) is 0 Å². The zero-order chi connectivity index (χ0) is 13.6. The van der Waals surface area contributed by atoms with Gasteiger partial charge in [0.1, 0.15) is 0 Å². The molecule has 4 N–H and O–H groups in total. The van der Waals surface area contributed by atoms with E-state index in [9.17, 15) is 8.42 Å². The molecule has 0 spiro atoms. The van der Waals surface area contributed by atoms with E-state index in [4.69, 9.17) is 5.73 Å². The second-order valence-corrected chi connectivity index (χ2v) is 5.99. The van der Waals surface area contributed by atoms with E-state index in [1.807, 2.05) is 30.3 Å². The maximum Gasteiger partial charge on any atom is 0.277 e. The molecule has 102 valence electrons. The fourth-order valence-corrected chi connectivity index (χ4v) is 2.94. The van der Waals surface area contributed by atoms with Gasteiger partial charge in [-0.1, -0.05) is 30.3 Å². The van der Waals surface area contributed by atoms with E-state index in [2.05, 4.69) is 9.44 Å². The molecule has 1 aromatic rings. The van der Waals surface area contributed by atoms with Gasteiger partial charge in [-0.2, -0.15) is 17.9 Å². The number of hydrogen-bond acceptors (Lipinski definition) is 3. The molecule has 0 heterocycles. The zero-order valence-electron chi connectivity index (χ0n) is 10.8. The first kappa shape index (κ1) is 15.1. The van der Waals surface area contributed by atoms with E-state index in [1.54, 1.807) is 13.8 Å². The van der Waals surface area contributed by atoms with Crippen LogP contribution in [-0.4, -0.2) is 27.0 Å². The summed E-state index contributed by atoms with van der Waals surface area (Å²) in [7, 11) is -3.49. The minimum absolute atomic E-state index is 0.141. The smallest absolute Gasteiger partial charge is 0.277 e. The summed E-state index contributed by atoms with van der Waals surface area (Å²) in [5, 5.41) is 0. The lowest BCUT2D eigenvalue weighted by molar-refractivity contribution is 0.527. The Morgan fingerprint density at radius 2 is 1.78 bits per heavy atom. The van der Waals surface area contributed by atoms with E-state index < -0.39 is 10.2 Å². The van der Waals surface area contributed by atoms with Gasteiger partial charge in [-0.15, -0.1) is 0 Å². The topological polar surface area (TPSA) is 84.2 Å². The quantitative estimate of drug-likeness (QED) is 0.670. The molecule has 0 saturated carbocycles. The van der Waals surface area contributed by atoms with Gasteiger partial charge in [0, 0.05) is 18.6 Å². The average Bonchev–Trinajstić information content (AvgIpc) is 2.27. The van der Waals surface area contributed by atoms with Crippen LogP contribution in [0.4, 0.5) is 0 Å². The standard InChI is InChI=1S/C12H21N3O2S/c1-10(2)14-18(16,17)15-12(9-13)8-11-6-4-3-5-7-11/h3-7,10,12,14-15H,8-9,13H2,1-2H3. The lowest BCUT2D eigenvalue weighted by atomic mass is 10.1. The number of hydrogen-bond donors (Lipinski definition) is 3. The van der Waals surface area contributed by atoms with Crippen LogP contribution in [0.25, 0.3) is 0 Å². The Morgan fingerprint density at radius 3 is 2.28 bits per heavy atom. The van der Waals surface area contributed by atoms with Gasteiger partial charge in [-0.3, -0.25) is 0 Å². The second kappa shape index (κ2) is 6.84. The molecule has 0 bridgehead atoms. The number of nitrogens with two attached hydrogens (primary N) is 1. The average molecular weight is 271 g/mol. The summed E-state index contributed by atoms with van der Waals surface area (Å²) in [6.07, 6.45) is 0.580. The first-order chi connectivity index (χ1) is 8.43. The summed E-state index contributed by atoms with van der Waals surface area (Å²) in [5.41, 5.74) is 6.66. The molecule has 5 nitrogen and oxygen atoms in total. The van der Waals surface area contributed by atoms with Gasteiger partial charge >= 0.3 is 0 Å². The highest BCUT2D eigenvalue weighted by Gasteiger charge is 2.17. The van der Waals surface area contributed by atoms with E-state index in [0.717, 1.165) is 5.56 Å². The van der Waals surface area contributed by atoms with Crippen molar-refractivity contribution in [1.82, 2.24) is 9.44 Å². The van der Waals surface area contributed by atoms with Crippen molar-refractivity contribution < 1.29 is 8.42 Å². The molecular weight excluding hydrogens is 250 g/mol. The van der Waals surface area contributed by atoms with Crippen LogP contribution < -0.4 is 15.2 Å². The minimum Gasteiger partial charge on any atom is -0.329 e. The molecule has 0 aliphatic heterocycles. The van der Waals surface area contributed by atoms with Crippen molar-refractivity contribution in [3.05, 3.63) is 35.9 Å². The van der Waals surface area contributed by atoms with E-state index >= 15 is 0 Å². The van der Waals surface area contributed by atoms with Crippen LogP contribution >= 0.6 is 0 Å². The summed E-state index contributed by atoms with van der Waals surface area (Å²) >= 11 is 0. The fraction of sp³-hybridized carbons (Fsp3) is 0.500. The highest BCUT2D eigenvalue weighted by atomic mass is 32.2. The monoisotopic (exact) mass is 271 g/mol. The Hall–Kier alpha value is -0.950. The summed E-state index contributed by atoms with van der Waals surface area (Å²) in [5.74, 6) is 0. The number of nitrogens with one attached hydrogen (secondary N) is 2. The van der Waals surface area contributed by atoms with Crippen LogP contribution in [0.3, 0.4) is 0 Å². The third-order valence-corrected chi connectivity index (χ3v) is 3.75. The molecule has 0 aromatic heterocycles. The van der Waals surface area contributed by atoms with E-state index in [-0.39, 0.29) is 18.6 Å². The van der Waals surface area contributed by atoms with Crippen molar-refractivity contribution in [2.45, 2.75) is 32.4 Å². The van der Waals surface area contributed by atoms with E-state index in [1.165, 1.54) is 0 Å². The Kier molecular flexibility index (Phi) is 5.74. The summed E-state index contributed by atoms with van der Waals surface area (Å²) < 4.78 is 28.5. The van der Waals surface area contributed by atoms with Crippen molar-refractivity contribution in [3.8, 4) is 0 Å². The first-order valence-corrected chi connectivity index (χ1v) is 7.45. The maximum atomic E-state index is 11.7. The minimum atomic E-state index is -3.49. The molecule has 0 saturated heterocycles. The van der Waals surface area contributed by atoms with Crippen molar-refractivity contribution in [1.29, 1.82) is 0 Å². The molecule has 18 heavy (non-hydrogen) atoms. The lowest BCUT2D eigenvalue weighted by Crippen LogP contribution is -2.48. The lowest BCUT2D eigenvalue weighted by Gasteiger charge is -2.18. The maximum absolute atomic E-state index is 11.7. The largest absolute Gasteiger partial charge is 0.329 e. The number of benzene rings is 1. The Bertz CT molecular complexity index is 446. The van der Waals surface area contributed by atoms with Crippen LogP contribution in [0.2, 0.25) is 0 Å². The highest BCUT2D eigenvalue weighted by molar-refractivity contribution is 7.87. The summed E-state index contributed by atoms with van der Waals surface area (Å²) in [4.78, 5) is 0. The summed E-state index contributed by atoms with van der Waals surface area (Å²) in [6.45, 7) is 3.80. The first-order valence-electron chi connectivity index (χ1n) is 5.96. The summed E-state index contributed by atoms with van der Waals surface area (Å²) in [6, 6.07) is 9.22. The van der Waals surface area contributed by atoms with Crippen molar-refractivity contribution in [2.75, 3.05) is 6.54 Å². The molecular formula is C12H21N3O2S. The molecule has 1 unspecified atom stereocenters. The highest BCUT2D eigenvalue weighted by Crippen LogP contribution is 2.03.